The van der Waals surface area contributed by atoms with Gasteiger partial charge in [0.1, 0.15) is 17.4 Å². The van der Waals surface area contributed by atoms with Crippen molar-refractivity contribution in [2.24, 2.45) is 0 Å². The van der Waals surface area contributed by atoms with Crippen LogP contribution < -0.4 is 21.1 Å². The molecule has 7 heteroatoms. The zero-order valence-electron chi connectivity index (χ0n) is 14.8. The van der Waals surface area contributed by atoms with E-state index in [2.05, 4.69) is 22.5 Å². The van der Waals surface area contributed by atoms with E-state index < -0.39 is 6.09 Å². The first-order chi connectivity index (χ1) is 12.1. The fraction of sp³-hybridized carbons (Fsp3) is 0.333. The van der Waals surface area contributed by atoms with E-state index in [0.29, 0.717) is 24.7 Å². The van der Waals surface area contributed by atoms with Crippen molar-refractivity contribution in [1.82, 2.24) is 4.98 Å². The summed E-state index contributed by atoms with van der Waals surface area (Å²) in [6, 6.07) is 9.45. The molecule has 25 heavy (non-hydrogen) atoms. The number of anilines is 3. The molecule has 4 N–H and O–H groups in total. The minimum Gasteiger partial charge on any atom is -0.497 e. The number of aryl methyl sites for hydroxylation is 1. The van der Waals surface area contributed by atoms with Crippen molar-refractivity contribution in [2.75, 3.05) is 30.1 Å². The molecule has 0 unspecified atom stereocenters. The molecule has 2 aromatic rings. The van der Waals surface area contributed by atoms with Crippen molar-refractivity contribution >= 4 is 23.4 Å². The lowest BCUT2D eigenvalue weighted by molar-refractivity contribution is 0.168. The third kappa shape index (κ3) is 5.00. The number of carbonyl (C=O) groups is 1. The van der Waals surface area contributed by atoms with Crippen molar-refractivity contribution in [2.45, 2.75) is 26.8 Å². The van der Waals surface area contributed by atoms with Crippen LogP contribution in [0.5, 0.6) is 5.75 Å². The molecule has 0 aliphatic rings. The summed E-state index contributed by atoms with van der Waals surface area (Å²) in [5, 5.41) is 5.80. The SMILES string of the molecule is CCOC(=O)Nc1ccc(NCc2ccc(OC)cc2CC)nc1N. The third-order valence-electron chi connectivity index (χ3n) is 3.69. The average Bonchev–Trinajstić information content (AvgIpc) is 2.62. The van der Waals surface area contributed by atoms with Gasteiger partial charge < -0.3 is 20.5 Å². The highest BCUT2D eigenvalue weighted by molar-refractivity contribution is 5.88. The molecule has 1 heterocycles. The molecule has 2 rings (SSSR count). The molecule has 0 atom stereocenters. The highest BCUT2D eigenvalue weighted by Crippen LogP contribution is 2.21. The fourth-order valence-electron chi connectivity index (χ4n) is 2.37. The van der Waals surface area contributed by atoms with E-state index in [9.17, 15) is 4.79 Å². The molecule has 1 aromatic carbocycles. The number of ether oxygens (including phenoxy) is 2. The molecule has 1 aromatic heterocycles. The van der Waals surface area contributed by atoms with E-state index in [1.165, 1.54) is 5.56 Å². The van der Waals surface area contributed by atoms with Gasteiger partial charge in [-0.3, -0.25) is 5.32 Å². The smallest absolute Gasteiger partial charge is 0.411 e. The number of nitrogens with zero attached hydrogens (tertiary/aromatic N) is 1. The van der Waals surface area contributed by atoms with Gasteiger partial charge in [-0.2, -0.15) is 0 Å². The number of nitrogen functional groups attached to an aromatic ring is 1. The van der Waals surface area contributed by atoms with Gasteiger partial charge in [0, 0.05) is 6.54 Å². The van der Waals surface area contributed by atoms with Crippen LogP contribution >= 0.6 is 0 Å². The molecular weight excluding hydrogens is 320 g/mol. The van der Waals surface area contributed by atoms with Crippen molar-refractivity contribution in [3.05, 3.63) is 41.5 Å². The first-order valence-corrected chi connectivity index (χ1v) is 8.17. The predicted molar refractivity (Wildman–Crippen MR) is 99.0 cm³/mol. The number of hydrogen-bond acceptors (Lipinski definition) is 6. The second kappa shape index (κ2) is 8.77. The Morgan fingerprint density at radius 1 is 1.20 bits per heavy atom. The first-order valence-electron chi connectivity index (χ1n) is 8.17. The zero-order chi connectivity index (χ0) is 18.2. The number of nitrogens with one attached hydrogen (secondary N) is 2. The van der Waals surface area contributed by atoms with Gasteiger partial charge in [0.2, 0.25) is 0 Å². The quantitative estimate of drug-likeness (QED) is 0.712. The Balaban J connectivity index is 2.04. The summed E-state index contributed by atoms with van der Waals surface area (Å²) in [6.45, 7) is 4.74. The van der Waals surface area contributed by atoms with Gasteiger partial charge in [0.05, 0.1) is 19.4 Å². The number of benzene rings is 1. The molecule has 134 valence electrons. The summed E-state index contributed by atoms with van der Waals surface area (Å²) in [5.41, 5.74) is 8.68. The number of methoxy groups -OCH3 is 1. The van der Waals surface area contributed by atoms with E-state index in [4.69, 9.17) is 15.2 Å². The lowest BCUT2D eigenvalue weighted by Crippen LogP contribution is -2.15. The van der Waals surface area contributed by atoms with Crippen molar-refractivity contribution < 1.29 is 14.3 Å². The zero-order valence-corrected chi connectivity index (χ0v) is 14.8. The predicted octanol–water partition coefficient (Wildman–Crippen LogP) is 3.42. The van der Waals surface area contributed by atoms with E-state index in [0.717, 1.165) is 17.7 Å². The summed E-state index contributed by atoms with van der Waals surface area (Å²) < 4.78 is 10.1. The number of hydrogen-bond donors (Lipinski definition) is 3. The van der Waals surface area contributed by atoms with E-state index >= 15 is 0 Å². The van der Waals surface area contributed by atoms with Gasteiger partial charge >= 0.3 is 6.09 Å². The summed E-state index contributed by atoms with van der Waals surface area (Å²) in [4.78, 5) is 15.7. The van der Waals surface area contributed by atoms with Crippen LogP contribution in [0, 0.1) is 0 Å². The van der Waals surface area contributed by atoms with Gasteiger partial charge in [-0.25, -0.2) is 9.78 Å². The highest BCUT2D eigenvalue weighted by atomic mass is 16.5. The van der Waals surface area contributed by atoms with Crippen LogP contribution in [0.4, 0.5) is 22.1 Å². The maximum Gasteiger partial charge on any atom is 0.411 e. The molecule has 0 radical (unpaired) electrons. The summed E-state index contributed by atoms with van der Waals surface area (Å²) in [6.07, 6.45) is 0.356. The molecule has 0 aliphatic heterocycles. The molecular formula is C18H24N4O3. The minimum atomic E-state index is -0.553. The van der Waals surface area contributed by atoms with Gasteiger partial charge in [0.15, 0.2) is 0 Å². The normalized spacial score (nSPS) is 10.2. The second-order valence-corrected chi connectivity index (χ2v) is 5.32. The molecule has 0 fully saturated rings. The minimum absolute atomic E-state index is 0.225. The molecule has 0 spiro atoms. The fourth-order valence-corrected chi connectivity index (χ4v) is 2.37. The van der Waals surface area contributed by atoms with Crippen LogP contribution in [-0.2, 0) is 17.7 Å². The highest BCUT2D eigenvalue weighted by Gasteiger charge is 2.08. The molecule has 1 amide bonds. The maximum absolute atomic E-state index is 11.4. The number of pyridine rings is 1. The van der Waals surface area contributed by atoms with Crippen LogP contribution in [0.15, 0.2) is 30.3 Å². The van der Waals surface area contributed by atoms with Gasteiger partial charge in [-0.1, -0.05) is 13.0 Å². The second-order valence-electron chi connectivity index (χ2n) is 5.32. The van der Waals surface area contributed by atoms with Crippen LogP contribution in [-0.4, -0.2) is 24.8 Å². The largest absolute Gasteiger partial charge is 0.497 e. The topological polar surface area (TPSA) is 98.5 Å². The van der Waals surface area contributed by atoms with Gasteiger partial charge in [-0.15, -0.1) is 0 Å². The summed E-state index contributed by atoms with van der Waals surface area (Å²) >= 11 is 0. The van der Waals surface area contributed by atoms with Crippen molar-refractivity contribution in [3.63, 3.8) is 0 Å². The number of aromatic nitrogens is 1. The number of rotatable bonds is 7. The Bertz CT molecular complexity index is 734. The molecule has 7 nitrogen and oxygen atoms in total. The van der Waals surface area contributed by atoms with Crippen molar-refractivity contribution in [1.29, 1.82) is 0 Å². The van der Waals surface area contributed by atoms with Gasteiger partial charge in [0.25, 0.3) is 0 Å². The Labute approximate surface area is 147 Å². The Kier molecular flexibility index (Phi) is 6.45. The van der Waals surface area contributed by atoms with E-state index in [-0.39, 0.29) is 5.82 Å². The third-order valence-corrected chi connectivity index (χ3v) is 3.69. The van der Waals surface area contributed by atoms with E-state index in [1.807, 2.05) is 18.2 Å². The lowest BCUT2D eigenvalue weighted by Gasteiger charge is -2.13. The van der Waals surface area contributed by atoms with Crippen LogP contribution in [0.25, 0.3) is 0 Å². The maximum atomic E-state index is 11.4. The first kappa shape index (κ1) is 18.4. The average molecular weight is 344 g/mol. The molecule has 0 saturated carbocycles. The number of carbonyl (C=O) groups excluding carboxylic acids is 1. The summed E-state index contributed by atoms with van der Waals surface area (Å²) in [5.74, 6) is 1.70. The standard InChI is InChI=1S/C18H24N4O3/c1-4-12-10-14(24-3)7-6-13(12)11-20-16-9-8-15(17(19)22-16)21-18(23)25-5-2/h6-10H,4-5,11H2,1-3H3,(H,21,23)(H3,19,20,22). The lowest BCUT2D eigenvalue weighted by atomic mass is 10.0. The summed E-state index contributed by atoms with van der Waals surface area (Å²) in [7, 11) is 1.66. The molecule has 0 saturated heterocycles. The van der Waals surface area contributed by atoms with E-state index in [1.54, 1.807) is 26.2 Å². The monoisotopic (exact) mass is 344 g/mol. The molecule has 0 bridgehead atoms. The molecule has 0 aliphatic carbocycles. The van der Waals surface area contributed by atoms with Gasteiger partial charge in [-0.05, 0) is 48.7 Å². The van der Waals surface area contributed by atoms with Crippen LogP contribution in [0.1, 0.15) is 25.0 Å². The number of amides is 1. The van der Waals surface area contributed by atoms with Crippen molar-refractivity contribution in [3.8, 4) is 5.75 Å². The Hall–Kier alpha value is -2.96. The Morgan fingerprint density at radius 2 is 2.00 bits per heavy atom. The Morgan fingerprint density at radius 3 is 2.64 bits per heavy atom. The van der Waals surface area contributed by atoms with Crippen LogP contribution in [0.3, 0.4) is 0 Å². The number of nitrogens with two attached hydrogens (primary N) is 1. The van der Waals surface area contributed by atoms with Crippen LogP contribution in [0.2, 0.25) is 0 Å².